The molecule has 7 heteroatoms. The van der Waals surface area contributed by atoms with Gasteiger partial charge in [-0.25, -0.2) is 8.78 Å². The van der Waals surface area contributed by atoms with Crippen molar-refractivity contribution in [1.29, 1.82) is 0 Å². The van der Waals surface area contributed by atoms with Crippen molar-refractivity contribution in [3.8, 4) is 5.75 Å². The first-order chi connectivity index (χ1) is 13.3. The molecule has 0 spiro atoms. The standard InChI is InChI=1S/C21H24F2N2O3/c1-14(2)24-21(27)15(3)25(12-16-8-4-5-9-17(16)22)20(26)13-28-19-11-7-6-10-18(19)23/h4-11,14-15H,12-13H2,1-3H3,(H,24,27)/t15-/m0/s1. The summed E-state index contributed by atoms with van der Waals surface area (Å²) in [5.74, 6) is -2.07. The van der Waals surface area contributed by atoms with Gasteiger partial charge in [-0.1, -0.05) is 30.3 Å². The van der Waals surface area contributed by atoms with E-state index >= 15 is 0 Å². The van der Waals surface area contributed by atoms with Crippen LogP contribution in [0.15, 0.2) is 48.5 Å². The van der Waals surface area contributed by atoms with E-state index in [4.69, 9.17) is 4.74 Å². The molecule has 0 aliphatic carbocycles. The van der Waals surface area contributed by atoms with Gasteiger partial charge in [0, 0.05) is 18.2 Å². The minimum Gasteiger partial charge on any atom is -0.481 e. The number of carbonyl (C=O) groups is 2. The van der Waals surface area contributed by atoms with Gasteiger partial charge in [0.25, 0.3) is 5.91 Å². The lowest BCUT2D eigenvalue weighted by molar-refractivity contribution is -0.142. The molecule has 0 aliphatic heterocycles. The van der Waals surface area contributed by atoms with Gasteiger partial charge < -0.3 is 15.0 Å². The van der Waals surface area contributed by atoms with Crippen LogP contribution in [0, 0.1) is 11.6 Å². The molecule has 0 heterocycles. The van der Waals surface area contributed by atoms with Crippen LogP contribution in [0.4, 0.5) is 8.78 Å². The SMILES string of the molecule is CC(C)NC(=O)[C@H](C)N(Cc1ccccc1F)C(=O)COc1ccccc1F. The molecule has 28 heavy (non-hydrogen) atoms. The minimum atomic E-state index is -0.862. The smallest absolute Gasteiger partial charge is 0.261 e. The summed E-state index contributed by atoms with van der Waals surface area (Å²) in [5, 5.41) is 2.73. The number of carbonyl (C=O) groups excluding carboxylic acids is 2. The highest BCUT2D eigenvalue weighted by atomic mass is 19.1. The zero-order valence-corrected chi connectivity index (χ0v) is 16.1. The van der Waals surface area contributed by atoms with Crippen molar-refractivity contribution < 1.29 is 23.1 Å². The Balaban J connectivity index is 2.18. The lowest BCUT2D eigenvalue weighted by Gasteiger charge is -2.29. The Morgan fingerprint density at radius 1 is 1.00 bits per heavy atom. The molecular formula is C21H24F2N2O3. The number of halogens is 2. The predicted octanol–water partition coefficient (Wildman–Crippen LogP) is 3.29. The molecule has 0 saturated heterocycles. The third kappa shape index (κ3) is 5.77. The van der Waals surface area contributed by atoms with Gasteiger partial charge in [-0.05, 0) is 39.0 Å². The Labute approximate surface area is 163 Å². The Morgan fingerprint density at radius 2 is 1.61 bits per heavy atom. The van der Waals surface area contributed by atoms with E-state index in [1.54, 1.807) is 45.0 Å². The molecule has 2 aromatic carbocycles. The summed E-state index contributed by atoms with van der Waals surface area (Å²) < 4.78 is 33.0. The highest BCUT2D eigenvalue weighted by Crippen LogP contribution is 2.17. The Hall–Kier alpha value is -2.96. The third-order valence-corrected chi connectivity index (χ3v) is 4.08. The zero-order valence-electron chi connectivity index (χ0n) is 16.1. The summed E-state index contributed by atoms with van der Waals surface area (Å²) in [6, 6.07) is 10.7. The largest absolute Gasteiger partial charge is 0.481 e. The van der Waals surface area contributed by atoms with Crippen molar-refractivity contribution in [2.24, 2.45) is 0 Å². The molecule has 0 aromatic heterocycles. The molecule has 2 aromatic rings. The van der Waals surface area contributed by atoms with Gasteiger partial charge in [-0.15, -0.1) is 0 Å². The van der Waals surface area contributed by atoms with Crippen molar-refractivity contribution in [2.75, 3.05) is 6.61 Å². The molecule has 2 amide bonds. The number of amides is 2. The summed E-state index contributed by atoms with van der Waals surface area (Å²) in [4.78, 5) is 26.4. The topological polar surface area (TPSA) is 58.6 Å². The fourth-order valence-electron chi connectivity index (χ4n) is 2.58. The van der Waals surface area contributed by atoms with Crippen molar-refractivity contribution >= 4 is 11.8 Å². The average molecular weight is 390 g/mol. The van der Waals surface area contributed by atoms with Gasteiger partial charge >= 0.3 is 0 Å². The Morgan fingerprint density at radius 3 is 2.21 bits per heavy atom. The number of rotatable bonds is 8. The maximum Gasteiger partial charge on any atom is 0.261 e. The van der Waals surface area contributed by atoms with Crippen molar-refractivity contribution in [2.45, 2.75) is 39.4 Å². The first-order valence-electron chi connectivity index (χ1n) is 9.00. The molecular weight excluding hydrogens is 366 g/mol. The van der Waals surface area contributed by atoms with Crippen LogP contribution in [0.3, 0.4) is 0 Å². The van der Waals surface area contributed by atoms with Crippen LogP contribution >= 0.6 is 0 Å². The number of nitrogens with zero attached hydrogens (tertiary/aromatic N) is 1. The van der Waals surface area contributed by atoms with Crippen LogP contribution < -0.4 is 10.1 Å². The molecule has 0 bridgehead atoms. The van der Waals surface area contributed by atoms with Crippen molar-refractivity contribution in [3.63, 3.8) is 0 Å². The maximum atomic E-state index is 14.1. The van der Waals surface area contributed by atoms with Crippen LogP contribution in [0.2, 0.25) is 0 Å². The lowest BCUT2D eigenvalue weighted by atomic mass is 10.1. The van der Waals surface area contributed by atoms with E-state index in [1.807, 2.05) is 0 Å². The van der Waals surface area contributed by atoms with E-state index < -0.39 is 30.2 Å². The minimum absolute atomic E-state index is 0.0685. The Bertz CT molecular complexity index is 827. The van der Waals surface area contributed by atoms with Crippen molar-refractivity contribution in [1.82, 2.24) is 10.2 Å². The quantitative estimate of drug-likeness (QED) is 0.753. The first-order valence-corrected chi connectivity index (χ1v) is 9.00. The van der Waals surface area contributed by atoms with Gasteiger partial charge in [0.1, 0.15) is 11.9 Å². The van der Waals surface area contributed by atoms with Crippen molar-refractivity contribution in [3.05, 3.63) is 65.7 Å². The molecule has 0 fully saturated rings. The average Bonchev–Trinajstić information content (AvgIpc) is 2.65. The fourth-order valence-corrected chi connectivity index (χ4v) is 2.58. The van der Waals surface area contributed by atoms with E-state index in [0.29, 0.717) is 0 Å². The van der Waals surface area contributed by atoms with Crippen LogP contribution in [0.25, 0.3) is 0 Å². The number of hydrogen-bond donors (Lipinski definition) is 1. The molecule has 0 unspecified atom stereocenters. The maximum absolute atomic E-state index is 14.1. The monoisotopic (exact) mass is 390 g/mol. The highest BCUT2D eigenvalue weighted by molar-refractivity contribution is 5.88. The van der Waals surface area contributed by atoms with E-state index in [-0.39, 0.29) is 29.8 Å². The normalized spacial score (nSPS) is 11.8. The third-order valence-electron chi connectivity index (χ3n) is 4.08. The van der Waals surface area contributed by atoms with Gasteiger partial charge in [-0.3, -0.25) is 9.59 Å². The molecule has 1 N–H and O–H groups in total. The summed E-state index contributed by atoms with van der Waals surface area (Å²) >= 11 is 0. The number of nitrogens with one attached hydrogen (secondary N) is 1. The molecule has 5 nitrogen and oxygen atoms in total. The predicted molar refractivity (Wildman–Crippen MR) is 102 cm³/mol. The molecule has 1 atom stereocenters. The molecule has 0 saturated carbocycles. The number of ether oxygens (including phenoxy) is 1. The van der Waals surface area contributed by atoms with Crippen LogP contribution in [0.5, 0.6) is 5.75 Å². The van der Waals surface area contributed by atoms with E-state index in [2.05, 4.69) is 5.32 Å². The summed E-state index contributed by atoms with van der Waals surface area (Å²) in [7, 11) is 0. The second kappa shape index (κ2) is 9.82. The van der Waals surface area contributed by atoms with Gasteiger partial charge in [0.2, 0.25) is 5.91 Å². The molecule has 0 aliphatic rings. The van der Waals surface area contributed by atoms with E-state index in [9.17, 15) is 18.4 Å². The summed E-state index contributed by atoms with van der Waals surface area (Å²) in [6.45, 7) is 4.57. The zero-order chi connectivity index (χ0) is 20.7. The van der Waals surface area contributed by atoms with E-state index in [0.717, 1.165) is 0 Å². The van der Waals surface area contributed by atoms with Crippen LogP contribution in [-0.4, -0.2) is 35.4 Å². The second-order valence-corrected chi connectivity index (χ2v) is 6.67. The fraction of sp³-hybridized carbons (Fsp3) is 0.333. The highest BCUT2D eigenvalue weighted by Gasteiger charge is 2.27. The van der Waals surface area contributed by atoms with Gasteiger partial charge in [-0.2, -0.15) is 0 Å². The number of para-hydroxylation sites is 1. The summed E-state index contributed by atoms with van der Waals surface area (Å²) in [5.41, 5.74) is 0.269. The lowest BCUT2D eigenvalue weighted by Crippen LogP contribution is -2.50. The van der Waals surface area contributed by atoms with Crippen LogP contribution in [0.1, 0.15) is 26.3 Å². The molecule has 150 valence electrons. The van der Waals surface area contributed by atoms with E-state index in [1.165, 1.54) is 29.2 Å². The molecule has 2 rings (SSSR count). The van der Waals surface area contributed by atoms with Crippen LogP contribution in [-0.2, 0) is 16.1 Å². The number of hydrogen-bond acceptors (Lipinski definition) is 3. The second-order valence-electron chi connectivity index (χ2n) is 6.67. The number of benzene rings is 2. The molecule has 0 radical (unpaired) electrons. The van der Waals surface area contributed by atoms with Gasteiger partial charge in [0.15, 0.2) is 18.2 Å². The van der Waals surface area contributed by atoms with Gasteiger partial charge in [0.05, 0.1) is 0 Å². The summed E-state index contributed by atoms with van der Waals surface area (Å²) in [6.07, 6.45) is 0. The Kier molecular flexibility index (Phi) is 7.49. The first kappa shape index (κ1) is 21.3.